The summed E-state index contributed by atoms with van der Waals surface area (Å²) in [6.07, 6.45) is 8.67. The minimum absolute atomic E-state index is 0.207. The number of carbonyl (C=O) groups excluding carboxylic acids is 3. The minimum Gasteiger partial charge on any atom is -0.354 e. The van der Waals surface area contributed by atoms with E-state index >= 15 is 0 Å². The lowest BCUT2D eigenvalue weighted by atomic mass is 9.95. The van der Waals surface area contributed by atoms with Crippen LogP contribution in [0.4, 0.5) is 0 Å². The third-order valence-corrected chi connectivity index (χ3v) is 6.35. The van der Waals surface area contributed by atoms with E-state index in [0.29, 0.717) is 24.7 Å². The molecule has 0 radical (unpaired) electrons. The molecule has 1 aliphatic heterocycles. The smallest absolute Gasteiger partial charge is 0.272 e. The average molecular weight is 430 g/mol. The number of hydrogen-bond donors (Lipinski definition) is 2. The zero-order valence-corrected chi connectivity index (χ0v) is 19.2. The van der Waals surface area contributed by atoms with Crippen molar-refractivity contribution < 1.29 is 14.4 Å². The fourth-order valence-electron chi connectivity index (χ4n) is 4.06. The maximum atomic E-state index is 12.9. The molecule has 2 aliphatic rings. The molecule has 3 rings (SSSR count). The van der Waals surface area contributed by atoms with Crippen molar-refractivity contribution in [2.45, 2.75) is 71.4 Å². The predicted molar refractivity (Wildman–Crippen MR) is 119 cm³/mol. The van der Waals surface area contributed by atoms with Crippen LogP contribution in [0, 0.1) is 5.92 Å². The Morgan fingerprint density at radius 1 is 1.23 bits per heavy atom. The molecule has 1 atom stereocenters. The first kappa shape index (κ1) is 23.0. The Labute approximate surface area is 184 Å². The maximum Gasteiger partial charge on any atom is 0.272 e. The molecule has 3 amide bonds. The van der Waals surface area contributed by atoms with Gasteiger partial charge < -0.3 is 15.5 Å². The van der Waals surface area contributed by atoms with Crippen molar-refractivity contribution in [1.29, 1.82) is 0 Å². The van der Waals surface area contributed by atoms with E-state index in [-0.39, 0.29) is 30.0 Å². The quantitative estimate of drug-likeness (QED) is 0.621. The van der Waals surface area contributed by atoms with E-state index < -0.39 is 5.54 Å². The Morgan fingerprint density at radius 2 is 2.00 bits per heavy atom. The highest BCUT2D eigenvalue weighted by Crippen LogP contribution is 2.26. The van der Waals surface area contributed by atoms with Crippen molar-refractivity contribution in [3.8, 4) is 0 Å². The number of carbonyl (C=O) groups is 3. The fraction of sp³-hybridized carbons (Fsp3) is 0.652. The zero-order valence-electron chi connectivity index (χ0n) is 19.2. The summed E-state index contributed by atoms with van der Waals surface area (Å²) in [5.41, 5.74) is 0.870. The summed E-state index contributed by atoms with van der Waals surface area (Å²) in [5.74, 6) is -0.340. The number of aromatic nitrogens is 2. The fourth-order valence-corrected chi connectivity index (χ4v) is 4.06. The third-order valence-electron chi connectivity index (χ3n) is 6.35. The summed E-state index contributed by atoms with van der Waals surface area (Å²) < 4.78 is 1.49. The normalized spacial score (nSPS) is 21.0. The van der Waals surface area contributed by atoms with Gasteiger partial charge >= 0.3 is 0 Å². The minimum atomic E-state index is -1.06. The molecule has 31 heavy (non-hydrogen) atoms. The van der Waals surface area contributed by atoms with E-state index in [0.717, 1.165) is 25.7 Å². The lowest BCUT2D eigenvalue weighted by Crippen LogP contribution is -2.62. The summed E-state index contributed by atoms with van der Waals surface area (Å²) in [7, 11) is 1.62. The SMILES string of the molecule is CC(C)CCNC(=O)[C@]1(C)Cn2nc(C(=O)NCCC3=CCCCC3)cc2C(=O)N1C. The van der Waals surface area contributed by atoms with Crippen LogP contribution in [0.5, 0.6) is 0 Å². The first-order chi connectivity index (χ1) is 14.7. The average Bonchev–Trinajstić information content (AvgIpc) is 3.16. The highest BCUT2D eigenvalue weighted by molar-refractivity contribution is 6.01. The molecule has 2 heterocycles. The number of hydrogen-bond acceptors (Lipinski definition) is 4. The Bertz CT molecular complexity index is 873. The second-order valence-corrected chi connectivity index (χ2v) is 9.26. The number of nitrogens with one attached hydrogen (secondary N) is 2. The van der Waals surface area contributed by atoms with Gasteiger partial charge in [-0.25, -0.2) is 0 Å². The van der Waals surface area contributed by atoms with Gasteiger partial charge in [-0.1, -0.05) is 25.5 Å². The number of allylic oxidation sites excluding steroid dienone is 1. The molecule has 1 aromatic heterocycles. The number of nitrogens with zero attached hydrogens (tertiary/aromatic N) is 3. The van der Waals surface area contributed by atoms with Crippen LogP contribution in [0.15, 0.2) is 17.7 Å². The van der Waals surface area contributed by atoms with Crippen molar-refractivity contribution in [3.05, 3.63) is 29.1 Å². The van der Waals surface area contributed by atoms with Gasteiger partial charge in [-0.3, -0.25) is 19.1 Å². The number of rotatable bonds is 8. The number of amides is 3. The summed E-state index contributed by atoms with van der Waals surface area (Å²) >= 11 is 0. The molecule has 0 spiro atoms. The molecule has 8 nitrogen and oxygen atoms in total. The monoisotopic (exact) mass is 429 g/mol. The van der Waals surface area contributed by atoms with Gasteiger partial charge in [-0.2, -0.15) is 5.10 Å². The van der Waals surface area contributed by atoms with Gasteiger partial charge in [0.25, 0.3) is 11.8 Å². The lowest BCUT2D eigenvalue weighted by Gasteiger charge is -2.40. The van der Waals surface area contributed by atoms with Crippen molar-refractivity contribution in [1.82, 2.24) is 25.3 Å². The molecule has 0 fully saturated rings. The summed E-state index contributed by atoms with van der Waals surface area (Å²) in [6.45, 7) is 7.24. The molecule has 0 bridgehead atoms. The predicted octanol–water partition coefficient (Wildman–Crippen LogP) is 2.51. The summed E-state index contributed by atoms with van der Waals surface area (Å²) in [5, 5.41) is 10.2. The largest absolute Gasteiger partial charge is 0.354 e. The van der Waals surface area contributed by atoms with Gasteiger partial charge in [-0.15, -0.1) is 0 Å². The molecule has 0 saturated carbocycles. The van der Waals surface area contributed by atoms with E-state index in [2.05, 4.69) is 35.7 Å². The highest BCUT2D eigenvalue weighted by Gasteiger charge is 2.46. The van der Waals surface area contributed by atoms with E-state index in [1.54, 1.807) is 14.0 Å². The van der Waals surface area contributed by atoms with Crippen LogP contribution in [-0.4, -0.2) is 58.1 Å². The van der Waals surface area contributed by atoms with Crippen molar-refractivity contribution >= 4 is 17.7 Å². The zero-order chi connectivity index (χ0) is 22.6. The van der Waals surface area contributed by atoms with Crippen LogP contribution in [0.2, 0.25) is 0 Å². The van der Waals surface area contributed by atoms with Gasteiger partial charge in [0.2, 0.25) is 5.91 Å². The molecular weight excluding hydrogens is 394 g/mol. The van der Waals surface area contributed by atoms with E-state index in [1.165, 1.54) is 34.1 Å². The van der Waals surface area contributed by atoms with Crippen molar-refractivity contribution in [3.63, 3.8) is 0 Å². The van der Waals surface area contributed by atoms with E-state index in [9.17, 15) is 14.4 Å². The van der Waals surface area contributed by atoms with Crippen LogP contribution in [0.1, 0.15) is 80.3 Å². The molecule has 0 saturated heterocycles. The van der Waals surface area contributed by atoms with Crippen molar-refractivity contribution in [2.24, 2.45) is 5.92 Å². The Hall–Kier alpha value is -2.64. The van der Waals surface area contributed by atoms with Gasteiger partial charge in [-0.05, 0) is 51.4 Å². The van der Waals surface area contributed by atoms with Crippen LogP contribution in [0.25, 0.3) is 0 Å². The lowest BCUT2D eigenvalue weighted by molar-refractivity contribution is -0.132. The van der Waals surface area contributed by atoms with Crippen LogP contribution >= 0.6 is 0 Å². The van der Waals surface area contributed by atoms with E-state index in [4.69, 9.17) is 0 Å². The Balaban J connectivity index is 1.65. The topological polar surface area (TPSA) is 96.3 Å². The molecule has 2 N–H and O–H groups in total. The second-order valence-electron chi connectivity index (χ2n) is 9.26. The van der Waals surface area contributed by atoms with Crippen LogP contribution in [0.3, 0.4) is 0 Å². The van der Waals surface area contributed by atoms with Gasteiger partial charge in [0.05, 0.1) is 6.54 Å². The molecule has 1 aliphatic carbocycles. The Kier molecular flexibility index (Phi) is 7.18. The highest BCUT2D eigenvalue weighted by atomic mass is 16.2. The first-order valence-corrected chi connectivity index (χ1v) is 11.3. The summed E-state index contributed by atoms with van der Waals surface area (Å²) in [4.78, 5) is 39.8. The van der Waals surface area contributed by atoms with Crippen LogP contribution < -0.4 is 10.6 Å². The standard InChI is InChI=1S/C23H35N5O3/c1-16(2)10-12-25-22(31)23(3)15-28-19(21(30)27(23)4)14-18(26-28)20(29)24-13-11-17-8-6-5-7-9-17/h8,14,16H,5-7,9-13,15H2,1-4H3,(H,24,29)(H,25,31)/t23-/m0/s1. The second kappa shape index (κ2) is 9.66. The number of likely N-dealkylation sites (N-methyl/N-ethyl adjacent to an activating group) is 1. The maximum absolute atomic E-state index is 12.9. The van der Waals surface area contributed by atoms with Gasteiger partial charge in [0.15, 0.2) is 5.69 Å². The van der Waals surface area contributed by atoms with E-state index in [1.807, 2.05) is 0 Å². The molecule has 170 valence electrons. The number of fused-ring (bicyclic) bond motifs is 1. The summed E-state index contributed by atoms with van der Waals surface area (Å²) in [6, 6.07) is 1.52. The Morgan fingerprint density at radius 3 is 2.68 bits per heavy atom. The van der Waals surface area contributed by atoms with Crippen molar-refractivity contribution in [2.75, 3.05) is 20.1 Å². The molecule has 8 heteroatoms. The molecule has 1 aromatic rings. The molecule has 0 aromatic carbocycles. The molecular formula is C23H35N5O3. The molecule has 0 unspecified atom stereocenters. The van der Waals surface area contributed by atoms with Gasteiger partial charge in [0.1, 0.15) is 11.2 Å². The first-order valence-electron chi connectivity index (χ1n) is 11.3. The third kappa shape index (κ3) is 5.17. The van der Waals surface area contributed by atoms with Gasteiger partial charge in [0, 0.05) is 26.2 Å². The van der Waals surface area contributed by atoms with Crippen LogP contribution in [-0.2, 0) is 11.3 Å².